The number of carbonyl (C=O) groups is 1. The Morgan fingerprint density at radius 1 is 1.28 bits per heavy atom. The minimum atomic E-state index is -0.176. The van der Waals surface area contributed by atoms with Crippen LogP contribution in [0.25, 0.3) is 0 Å². The Bertz CT molecular complexity index is 808. The molecule has 2 aliphatic heterocycles. The number of nitrogens with zero attached hydrogens (tertiary/aromatic N) is 3. The molecule has 2 aliphatic rings. The molecule has 156 valence electrons. The van der Waals surface area contributed by atoms with Crippen molar-refractivity contribution in [2.75, 3.05) is 40.0 Å². The molecule has 0 aliphatic carbocycles. The third-order valence-corrected chi connectivity index (χ3v) is 6.17. The molecular formula is C21H29N5O3. The van der Waals surface area contributed by atoms with Crippen LogP contribution in [0.2, 0.25) is 0 Å². The van der Waals surface area contributed by atoms with Crippen molar-refractivity contribution in [2.45, 2.75) is 37.1 Å². The van der Waals surface area contributed by atoms with Gasteiger partial charge in [0.1, 0.15) is 5.75 Å². The van der Waals surface area contributed by atoms with Gasteiger partial charge in [-0.05, 0) is 56.5 Å². The lowest BCUT2D eigenvalue weighted by molar-refractivity contribution is 0.0486. The van der Waals surface area contributed by atoms with Crippen LogP contribution in [-0.2, 0) is 10.2 Å². The van der Waals surface area contributed by atoms with E-state index >= 15 is 0 Å². The predicted molar refractivity (Wildman–Crippen MR) is 108 cm³/mol. The summed E-state index contributed by atoms with van der Waals surface area (Å²) in [5, 5.41) is 14.7. The molecule has 0 bridgehead atoms. The van der Waals surface area contributed by atoms with Gasteiger partial charge in [0.2, 0.25) is 0 Å². The molecule has 0 radical (unpaired) electrons. The Balaban J connectivity index is 1.44. The van der Waals surface area contributed by atoms with Crippen LogP contribution in [0.1, 0.15) is 47.8 Å². The van der Waals surface area contributed by atoms with E-state index in [1.165, 1.54) is 5.56 Å². The van der Waals surface area contributed by atoms with Crippen molar-refractivity contribution in [2.24, 2.45) is 0 Å². The zero-order valence-corrected chi connectivity index (χ0v) is 16.9. The van der Waals surface area contributed by atoms with Crippen LogP contribution >= 0.6 is 0 Å². The molecule has 4 rings (SSSR count). The molecule has 29 heavy (non-hydrogen) atoms. The Morgan fingerprint density at radius 2 is 2.00 bits per heavy atom. The number of carbonyl (C=O) groups excluding carboxylic acids is 1. The highest BCUT2D eigenvalue weighted by Crippen LogP contribution is 2.35. The highest BCUT2D eigenvalue weighted by molar-refractivity contribution is 5.91. The van der Waals surface area contributed by atoms with Gasteiger partial charge in [-0.15, -0.1) is 5.10 Å². The van der Waals surface area contributed by atoms with Crippen LogP contribution in [0, 0.1) is 0 Å². The van der Waals surface area contributed by atoms with Crippen LogP contribution in [0.15, 0.2) is 30.5 Å². The summed E-state index contributed by atoms with van der Waals surface area (Å²) in [6.07, 6.45) is 5.51. The standard InChI is InChI=1S/C21H29N5O3/c1-28-18-4-2-16(3-5-18)21(8-12-29-13-9-21)15-23-20(27)19-14-26(25-24-19)17-6-10-22-11-7-17/h2-5,14,17,22H,6-13,15H2,1H3,(H,23,27). The van der Waals surface area contributed by atoms with Crippen LogP contribution in [0.5, 0.6) is 5.75 Å². The van der Waals surface area contributed by atoms with Gasteiger partial charge in [-0.1, -0.05) is 17.3 Å². The monoisotopic (exact) mass is 399 g/mol. The summed E-state index contributed by atoms with van der Waals surface area (Å²) in [5.41, 5.74) is 1.42. The molecule has 2 fully saturated rings. The first-order chi connectivity index (χ1) is 14.2. The third-order valence-electron chi connectivity index (χ3n) is 6.17. The first-order valence-electron chi connectivity index (χ1n) is 10.3. The van der Waals surface area contributed by atoms with Crippen molar-refractivity contribution < 1.29 is 14.3 Å². The Kier molecular flexibility index (Phi) is 6.10. The van der Waals surface area contributed by atoms with Gasteiger partial charge in [-0.3, -0.25) is 4.79 Å². The molecule has 2 saturated heterocycles. The molecule has 0 saturated carbocycles. The Morgan fingerprint density at radius 3 is 2.69 bits per heavy atom. The minimum absolute atomic E-state index is 0.148. The summed E-state index contributed by atoms with van der Waals surface area (Å²) < 4.78 is 12.7. The maximum Gasteiger partial charge on any atom is 0.273 e. The lowest BCUT2D eigenvalue weighted by atomic mass is 9.74. The number of piperidine rings is 1. The molecule has 0 atom stereocenters. The fourth-order valence-electron chi connectivity index (χ4n) is 4.24. The van der Waals surface area contributed by atoms with Gasteiger partial charge in [0.15, 0.2) is 5.69 Å². The molecule has 8 nitrogen and oxygen atoms in total. The van der Waals surface area contributed by atoms with Gasteiger partial charge in [0.05, 0.1) is 19.3 Å². The molecule has 1 aromatic carbocycles. The molecule has 1 aromatic heterocycles. The minimum Gasteiger partial charge on any atom is -0.497 e. The van der Waals surface area contributed by atoms with E-state index in [0.29, 0.717) is 31.5 Å². The fraction of sp³-hybridized carbons (Fsp3) is 0.571. The van der Waals surface area contributed by atoms with E-state index in [9.17, 15) is 4.79 Å². The second-order valence-corrected chi connectivity index (χ2v) is 7.87. The molecule has 2 N–H and O–H groups in total. The van der Waals surface area contributed by atoms with Crippen molar-refractivity contribution in [3.63, 3.8) is 0 Å². The lowest BCUT2D eigenvalue weighted by Crippen LogP contribution is -2.44. The molecule has 8 heteroatoms. The summed E-state index contributed by atoms with van der Waals surface area (Å²) in [6.45, 7) is 3.86. The normalized spacial score (nSPS) is 19.6. The van der Waals surface area contributed by atoms with E-state index in [2.05, 4.69) is 33.1 Å². The molecule has 3 heterocycles. The number of methoxy groups -OCH3 is 1. The SMILES string of the molecule is COc1ccc(C2(CNC(=O)c3cn(C4CCNCC4)nn3)CCOCC2)cc1. The topological polar surface area (TPSA) is 90.3 Å². The van der Waals surface area contributed by atoms with Crippen LogP contribution in [0.4, 0.5) is 0 Å². The average molecular weight is 399 g/mol. The van der Waals surface area contributed by atoms with E-state index in [1.807, 2.05) is 16.8 Å². The molecule has 2 aromatic rings. The number of nitrogens with one attached hydrogen (secondary N) is 2. The first kappa shape index (κ1) is 19.8. The highest BCUT2D eigenvalue weighted by atomic mass is 16.5. The van der Waals surface area contributed by atoms with E-state index < -0.39 is 0 Å². The van der Waals surface area contributed by atoms with E-state index in [0.717, 1.165) is 44.5 Å². The Labute approximate surface area is 171 Å². The fourth-order valence-corrected chi connectivity index (χ4v) is 4.24. The summed E-state index contributed by atoms with van der Waals surface area (Å²) in [4.78, 5) is 12.8. The van der Waals surface area contributed by atoms with E-state index in [4.69, 9.17) is 9.47 Å². The van der Waals surface area contributed by atoms with Gasteiger partial charge < -0.3 is 20.1 Å². The number of hydrogen-bond acceptors (Lipinski definition) is 6. The number of benzene rings is 1. The first-order valence-corrected chi connectivity index (χ1v) is 10.3. The lowest BCUT2D eigenvalue weighted by Gasteiger charge is -2.38. The number of amides is 1. The second kappa shape index (κ2) is 8.92. The summed E-state index contributed by atoms with van der Waals surface area (Å²) >= 11 is 0. The predicted octanol–water partition coefficient (Wildman–Crippen LogP) is 1.69. The van der Waals surface area contributed by atoms with Gasteiger partial charge in [-0.25, -0.2) is 4.68 Å². The van der Waals surface area contributed by atoms with Gasteiger partial charge in [-0.2, -0.15) is 0 Å². The highest BCUT2D eigenvalue weighted by Gasteiger charge is 2.35. The number of aromatic nitrogens is 3. The van der Waals surface area contributed by atoms with Crippen molar-refractivity contribution >= 4 is 5.91 Å². The van der Waals surface area contributed by atoms with Gasteiger partial charge in [0, 0.05) is 25.2 Å². The molecule has 1 amide bonds. The Hall–Kier alpha value is -2.45. The number of ether oxygens (including phenoxy) is 2. The third kappa shape index (κ3) is 4.43. The van der Waals surface area contributed by atoms with E-state index in [1.54, 1.807) is 13.3 Å². The molecular weight excluding hydrogens is 370 g/mol. The maximum atomic E-state index is 12.8. The zero-order valence-electron chi connectivity index (χ0n) is 16.9. The van der Waals surface area contributed by atoms with Crippen LogP contribution in [0.3, 0.4) is 0 Å². The van der Waals surface area contributed by atoms with Crippen LogP contribution in [-0.4, -0.2) is 60.9 Å². The van der Waals surface area contributed by atoms with Crippen molar-refractivity contribution in [1.82, 2.24) is 25.6 Å². The zero-order chi connectivity index (χ0) is 20.1. The van der Waals surface area contributed by atoms with Crippen molar-refractivity contribution in [3.05, 3.63) is 41.7 Å². The quantitative estimate of drug-likeness (QED) is 0.768. The van der Waals surface area contributed by atoms with E-state index in [-0.39, 0.29) is 11.3 Å². The van der Waals surface area contributed by atoms with Gasteiger partial charge in [0.25, 0.3) is 5.91 Å². The summed E-state index contributed by atoms with van der Waals surface area (Å²) in [5.74, 6) is 0.652. The van der Waals surface area contributed by atoms with Crippen molar-refractivity contribution in [1.29, 1.82) is 0 Å². The molecule has 0 spiro atoms. The largest absolute Gasteiger partial charge is 0.497 e. The van der Waals surface area contributed by atoms with Crippen LogP contribution < -0.4 is 15.4 Å². The molecule has 0 unspecified atom stereocenters. The average Bonchev–Trinajstić information content (AvgIpc) is 3.29. The van der Waals surface area contributed by atoms with Crippen molar-refractivity contribution in [3.8, 4) is 5.75 Å². The summed E-state index contributed by atoms with van der Waals surface area (Å²) in [7, 11) is 1.66. The van der Waals surface area contributed by atoms with Gasteiger partial charge >= 0.3 is 0 Å². The smallest absolute Gasteiger partial charge is 0.273 e. The summed E-state index contributed by atoms with van der Waals surface area (Å²) in [6, 6.07) is 8.43. The second-order valence-electron chi connectivity index (χ2n) is 7.87. The number of rotatable bonds is 6. The maximum absolute atomic E-state index is 12.8. The number of hydrogen-bond donors (Lipinski definition) is 2.